The van der Waals surface area contributed by atoms with E-state index in [1.54, 1.807) is 0 Å². The minimum absolute atomic E-state index is 0.256. The van der Waals surface area contributed by atoms with E-state index in [1.165, 1.54) is 28.7 Å². The van der Waals surface area contributed by atoms with Crippen molar-refractivity contribution in [1.82, 2.24) is 0 Å². The third-order valence-corrected chi connectivity index (χ3v) is 3.24. The van der Waals surface area contributed by atoms with Gasteiger partial charge in [0.25, 0.3) is 0 Å². The monoisotopic (exact) mass is 346 g/mol. The van der Waals surface area contributed by atoms with Crippen LogP contribution < -0.4 is 0 Å². The number of hydrogen-bond donors (Lipinski definition) is 0. The SMILES string of the molecule is CCCCCCC=C(I)C(F)(F)C(=O)OC. The first-order valence-electron chi connectivity index (χ1n) is 5.29. The summed E-state index contributed by atoms with van der Waals surface area (Å²) in [6.45, 7) is 2.09. The molecule has 0 rings (SSSR count). The van der Waals surface area contributed by atoms with Crippen LogP contribution >= 0.6 is 22.6 Å². The van der Waals surface area contributed by atoms with Crippen LogP contribution in [0.1, 0.15) is 39.0 Å². The topological polar surface area (TPSA) is 26.3 Å². The zero-order chi connectivity index (χ0) is 12.6. The van der Waals surface area contributed by atoms with Crippen LogP contribution in [0.5, 0.6) is 0 Å². The van der Waals surface area contributed by atoms with Crippen LogP contribution in [0.2, 0.25) is 0 Å². The van der Waals surface area contributed by atoms with Crippen LogP contribution in [0, 0.1) is 0 Å². The normalized spacial score (nSPS) is 12.7. The Labute approximate surface area is 109 Å². The molecule has 0 N–H and O–H groups in total. The van der Waals surface area contributed by atoms with E-state index in [-0.39, 0.29) is 3.58 Å². The van der Waals surface area contributed by atoms with Gasteiger partial charge in [-0.25, -0.2) is 4.79 Å². The summed E-state index contributed by atoms with van der Waals surface area (Å²) in [4.78, 5) is 10.8. The number of carbonyl (C=O) groups is 1. The lowest BCUT2D eigenvalue weighted by atomic mass is 10.1. The number of hydrogen-bond acceptors (Lipinski definition) is 2. The molecule has 0 atom stereocenters. The summed E-state index contributed by atoms with van der Waals surface area (Å²) in [5, 5.41) is 0. The average molecular weight is 346 g/mol. The summed E-state index contributed by atoms with van der Waals surface area (Å²) >= 11 is 1.49. The molecule has 0 aliphatic carbocycles. The molecule has 0 aliphatic heterocycles. The van der Waals surface area contributed by atoms with E-state index in [0.29, 0.717) is 6.42 Å². The Morgan fingerprint density at radius 2 is 2.00 bits per heavy atom. The predicted molar refractivity (Wildman–Crippen MR) is 67.8 cm³/mol. The summed E-state index contributed by atoms with van der Waals surface area (Å²) in [5.41, 5.74) is 0. The van der Waals surface area contributed by atoms with Gasteiger partial charge in [0.15, 0.2) is 0 Å². The summed E-state index contributed by atoms with van der Waals surface area (Å²) in [7, 11) is 0.960. The Morgan fingerprint density at radius 3 is 2.50 bits per heavy atom. The zero-order valence-corrected chi connectivity index (χ0v) is 11.7. The number of unbranched alkanes of at least 4 members (excludes halogenated alkanes) is 4. The van der Waals surface area contributed by atoms with E-state index in [2.05, 4.69) is 11.7 Å². The van der Waals surface area contributed by atoms with Gasteiger partial charge >= 0.3 is 11.9 Å². The van der Waals surface area contributed by atoms with E-state index < -0.39 is 11.9 Å². The smallest absolute Gasteiger partial charge is 0.382 e. The number of ether oxygens (including phenoxy) is 1. The summed E-state index contributed by atoms with van der Waals surface area (Å²) in [6, 6.07) is 0. The first-order valence-corrected chi connectivity index (χ1v) is 6.37. The van der Waals surface area contributed by atoms with Crippen molar-refractivity contribution < 1.29 is 18.3 Å². The molecule has 0 unspecified atom stereocenters. The van der Waals surface area contributed by atoms with E-state index in [0.717, 1.165) is 32.8 Å². The second-order valence-corrected chi connectivity index (χ2v) is 4.63. The molecule has 2 nitrogen and oxygen atoms in total. The van der Waals surface area contributed by atoms with Crippen molar-refractivity contribution in [3.8, 4) is 0 Å². The lowest BCUT2D eigenvalue weighted by Crippen LogP contribution is -2.30. The maximum Gasteiger partial charge on any atom is 0.382 e. The largest absolute Gasteiger partial charge is 0.464 e. The second-order valence-electron chi connectivity index (χ2n) is 3.47. The molecule has 0 aliphatic rings. The first-order chi connectivity index (χ1) is 7.46. The van der Waals surface area contributed by atoms with E-state index in [1.807, 2.05) is 0 Å². The van der Waals surface area contributed by atoms with Crippen LogP contribution in [-0.4, -0.2) is 19.0 Å². The molecule has 0 radical (unpaired) electrons. The van der Waals surface area contributed by atoms with Crippen LogP contribution in [0.15, 0.2) is 9.66 Å². The highest BCUT2D eigenvalue weighted by Gasteiger charge is 2.43. The summed E-state index contributed by atoms with van der Waals surface area (Å²) in [5.74, 6) is -5.00. The van der Waals surface area contributed by atoms with Gasteiger partial charge < -0.3 is 4.74 Å². The van der Waals surface area contributed by atoms with Gasteiger partial charge in [-0.3, -0.25) is 0 Å². The Hall–Kier alpha value is -0.200. The number of halogens is 3. The van der Waals surface area contributed by atoms with E-state index in [9.17, 15) is 13.6 Å². The number of carbonyl (C=O) groups excluding carboxylic acids is 1. The number of alkyl halides is 2. The highest BCUT2D eigenvalue weighted by Crippen LogP contribution is 2.31. The van der Waals surface area contributed by atoms with Crippen molar-refractivity contribution in [3.63, 3.8) is 0 Å². The van der Waals surface area contributed by atoms with Gasteiger partial charge in [0.2, 0.25) is 0 Å². The molecule has 0 fully saturated rings. The van der Waals surface area contributed by atoms with Crippen LogP contribution in [0.4, 0.5) is 8.78 Å². The van der Waals surface area contributed by atoms with Gasteiger partial charge in [0.1, 0.15) is 0 Å². The Morgan fingerprint density at radius 1 is 1.38 bits per heavy atom. The first kappa shape index (κ1) is 15.8. The lowest BCUT2D eigenvalue weighted by molar-refractivity contribution is -0.162. The van der Waals surface area contributed by atoms with Crippen molar-refractivity contribution in [2.24, 2.45) is 0 Å². The fraction of sp³-hybridized carbons (Fsp3) is 0.727. The molecule has 0 saturated carbocycles. The molecule has 0 bridgehead atoms. The van der Waals surface area contributed by atoms with E-state index >= 15 is 0 Å². The number of esters is 1. The summed E-state index contributed by atoms with van der Waals surface area (Å²) < 4.78 is 30.3. The van der Waals surface area contributed by atoms with Crippen molar-refractivity contribution >= 4 is 28.6 Å². The number of rotatable bonds is 7. The van der Waals surface area contributed by atoms with Gasteiger partial charge in [0, 0.05) is 0 Å². The second kappa shape index (κ2) is 7.97. The Bertz CT molecular complexity index is 252. The third kappa shape index (κ3) is 5.23. The van der Waals surface area contributed by atoms with Crippen LogP contribution in [0.3, 0.4) is 0 Å². The van der Waals surface area contributed by atoms with Gasteiger partial charge in [-0.2, -0.15) is 8.78 Å². The van der Waals surface area contributed by atoms with E-state index in [4.69, 9.17) is 0 Å². The number of methoxy groups -OCH3 is 1. The quantitative estimate of drug-likeness (QED) is 0.394. The van der Waals surface area contributed by atoms with Gasteiger partial charge in [-0.05, 0) is 35.4 Å². The summed E-state index contributed by atoms with van der Waals surface area (Å²) in [6.07, 6.45) is 6.10. The van der Waals surface area contributed by atoms with Gasteiger partial charge in [-0.15, -0.1) is 0 Å². The maximum absolute atomic E-state index is 13.2. The molecule has 94 valence electrons. The minimum atomic E-state index is -3.50. The molecule has 0 aromatic rings. The fourth-order valence-corrected chi connectivity index (χ4v) is 1.69. The lowest BCUT2D eigenvalue weighted by Gasteiger charge is -2.12. The Balaban J connectivity index is 4.15. The van der Waals surface area contributed by atoms with Crippen molar-refractivity contribution in [3.05, 3.63) is 9.66 Å². The molecular formula is C11H17F2IO2. The fourth-order valence-electron chi connectivity index (χ4n) is 1.15. The molecule has 0 aromatic carbocycles. The van der Waals surface area contributed by atoms with Crippen molar-refractivity contribution in [1.29, 1.82) is 0 Å². The van der Waals surface area contributed by atoms with Gasteiger partial charge in [-0.1, -0.05) is 32.3 Å². The highest BCUT2D eigenvalue weighted by atomic mass is 127. The third-order valence-electron chi connectivity index (χ3n) is 2.12. The van der Waals surface area contributed by atoms with Crippen LogP contribution in [-0.2, 0) is 9.53 Å². The molecule has 0 heterocycles. The molecule has 0 saturated heterocycles. The molecule has 16 heavy (non-hydrogen) atoms. The predicted octanol–water partition coefficient (Wildman–Crippen LogP) is 4.08. The molecule has 0 amide bonds. The molecule has 5 heteroatoms. The van der Waals surface area contributed by atoms with Gasteiger partial charge in [0.05, 0.1) is 10.7 Å². The molecule has 0 aromatic heterocycles. The Kier molecular flexibility index (Phi) is 7.87. The van der Waals surface area contributed by atoms with Crippen molar-refractivity contribution in [2.75, 3.05) is 7.11 Å². The maximum atomic E-state index is 13.2. The highest BCUT2D eigenvalue weighted by molar-refractivity contribution is 14.1. The molecular weight excluding hydrogens is 329 g/mol. The molecule has 0 spiro atoms. The number of allylic oxidation sites excluding steroid dienone is 1. The van der Waals surface area contributed by atoms with Crippen LogP contribution in [0.25, 0.3) is 0 Å². The standard InChI is InChI=1S/C11H17F2IO2/c1-3-4-5-6-7-8-9(14)11(12,13)10(15)16-2/h8H,3-7H2,1-2H3. The van der Waals surface area contributed by atoms with Crippen molar-refractivity contribution in [2.45, 2.75) is 45.0 Å². The minimum Gasteiger partial charge on any atom is -0.464 e. The zero-order valence-electron chi connectivity index (χ0n) is 9.56. The average Bonchev–Trinajstić information content (AvgIpc) is 2.27.